The molecule has 0 aliphatic carbocycles. The Hall–Kier alpha value is -2.75. The molecular weight excluding hydrogens is 280 g/mol. The fourth-order valence-electron chi connectivity index (χ4n) is 2.13. The first-order valence-corrected chi connectivity index (χ1v) is 6.77. The third-order valence-corrected chi connectivity index (χ3v) is 3.24. The van der Waals surface area contributed by atoms with Gasteiger partial charge in [0.1, 0.15) is 0 Å². The SMILES string of the molecule is COC(=O)/C=C(\c1ccccc1)c1ccc(OC)c(OC)c1. The Bertz CT molecular complexity index is 675. The second-order valence-electron chi connectivity index (χ2n) is 4.52. The molecule has 4 nitrogen and oxygen atoms in total. The van der Waals surface area contributed by atoms with Crippen molar-refractivity contribution in [2.24, 2.45) is 0 Å². The second-order valence-corrected chi connectivity index (χ2v) is 4.52. The molecular formula is C18H18O4. The van der Waals surface area contributed by atoms with Gasteiger partial charge in [-0.3, -0.25) is 0 Å². The van der Waals surface area contributed by atoms with E-state index in [0.29, 0.717) is 11.5 Å². The second kappa shape index (κ2) is 7.31. The number of benzene rings is 2. The average Bonchev–Trinajstić information content (AvgIpc) is 2.59. The minimum Gasteiger partial charge on any atom is -0.493 e. The van der Waals surface area contributed by atoms with Crippen LogP contribution in [0.1, 0.15) is 11.1 Å². The van der Waals surface area contributed by atoms with Crippen LogP contribution in [0.2, 0.25) is 0 Å². The molecule has 0 spiro atoms. The Morgan fingerprint density at radius 1 is 0.864 bits per heavy atom. The van der Waals surface area contributed by atoms with Crippen LogP contribution in [0.4, 0.5) is 0 Å². The Balaban J connectivity index is 2.55. The van der Waals surface area contributed by atoms with Gasteiger partial charge < -0.3 is 14.2 Å². The van der Waals surface area contributed by atoms with E-state index in [-0.39, 0.29) is 0 Å². The molecule has 0 bridgehead atoms. The molecule has 114 valence electrons. The fraction of sp³-hybridized carbons (Fsp3) is 0.167. The molecule has 2 rings (SSSR count). The van der Waals surface area contributed by atoms with E-state index < -0.39 is 5.97 Å². The van der Waals surface area contributed by atoms with Crippen LogP contribution in [0.3, 0.4) is 0 Å². The fourth-order valence-corrected chi connectivity index (χ4v) is 2.13. The van der Waals surface area contributed by atoms with E-state index >= 15 is 0 Å². The minimum absolute atomic E-state index is 0.409. The van der Waals surface area contributed by atoms with Crippen LogP contribution in [0.25, 0.3) is 5.57 Å². The van der Waals surface area contributed by atoms with Crippen molar-refractivity contribution in [1.82, 2.24) is 0 Å². The van der Waals surface area contributed by atoms with Gasteiger partial charge in [0.25, 0.3) is 0 Å². The van der Waals surface area contributed by atoms with E-state index in [2.05, 4.69) is 0 Å². The van der Waals surface area contributed by atoms with Gasteiger partial charge in [-0.15, -0.1) is 0 Å². The number of methoxy groups -OCH3 is 3. The predicted octanol–water partition coefficient (Wildman–Crippen LogP) is 3.31. The van der Waals surface area contributed by atoms with Gasteiger partial charge >= 0.3 is 5.97 Å². The van der Waals surface area contributed by atoms with Gasteiger partial charge in [0.2, 0.25) is 0 Å². The molecule has 0 amide bonds. The lowest BCUT2D eigenvalue weighted by Crippen LogP contribution is -1.99. The molecule has 0 aromatic heterocycles. The lowest BCUT2D eigenvalue weighted by Gasteiger charge is -2.12. The van der Waals surface area contributed by atoms with Gasteiger partial charge in [0.15, 0.2) is 11.5 Å². The first-order valence-electron chi connectivity index (χ1n) is 6.77. The maximum atomic E-state index is 11.7. The van der Waals surface area contributed by atoms with Crippen LogP contribution in [0.5, 0.6) is 11.5 Å². The highest BCUT2D eigenvalue weighted by Crippen LogP contribution is 2.32. The number of esters is 1. The van der Waals surface area contributed by atoms with Gasteiger partial charge in [-0.2, -0.15) is 0 Å². The van der Waals surface area contributed by atoms with Gasteiger partial charge in [-0.1, -0.05) is 36.4 Å². The van der Waals surface area contributed by atoms with E-state index in [4.69, 9.17) is 14.2 Å². The molecule has 22 heavy (non-hydrogen) atoms. The van der Waals surface area contributed by atoms with Crippen LogP contribution in [-0.4, -0.2) is 27.3 Å². The van der Waals surface area contributed by atoms with Crippen molar-refractivity contribution in [1.29, 1.82) is 0 Å². The van der Waals surface area contributed by atoms with Crippen LogP contribution in [0.15, 0.2) is 54.6 Å². The summed E-state index contributed by atoms with van der Waals surface area (Å²) in [7, 11) is 4.52. The van der Waals surface area contributed by atoms with Crippen molar-refractivity contribution in [3.05, 3.63) is 65.7 Å². The lowest BCUT2D eigenvalue weighted by molar-refractivity contribution is -0.134. The summed E-state index contributed by atoms with van der Waals surface area (Å²) >= 11 is 0. The summed E-state index contributed by atoms with van der Waals surface area (Å²) in [6, 6.07) is 15.2. The van der Waals surface area contributed by atoms with E-state index in [1.165, 1.54) is 13.2 Å². The standard InChI is InChI=1S/C18H18O4/c1-20-16-10-9-14(11-17(16)21-2)15(12-18(19)22-3)13-7-5-4-6-8-13/h4-12H,1-3H3/b15-12+. The zero-order valence-electron chi connectivity index (χ0n) is 12.8. The molecule has 0 heterocycles. The number of hydrogen-bond acceptors (Lipinski definition) is 4. The molecule has 0 radical (unpaired) electrons. The molecule has 4 heteroatoms. The molecule has 0 atom stereocenters. The number of carbonyl (C=O) groups excluding carboxylic acids is 1. The van der Waals surface area contributed by atoms with E-state index in [9.17, 15) is 4.79 Å². The zero-order chi connectivity index (χ0) is 15.9. The first-order chi connectivity index (χ1) is 10.7. The highest BCUT2D eigenvalue weighted by molar-refractivity contribution is 5.96. The van der Waals surface area contributed by atoms with Crippen LogP contribution < -0.4 is 9.47 Å². The van der Waals surface area contributed by atoms with Crippen molar-refractivity contribution in [2.75, 3.05) is 21.3 Å². The van der Waals surface area contributed by atoms with Gasteiger partial charge in [-0.25, -0.2) is 4.79 Å². The quantitative estimate of drug-likeness (QED) is 0.627. The summed E-state index contributed by atoms with van der Waals surface area (Å²) < 4.78 is 15.3. The van der Waals surface area contributed by atoms with Crippen LogP contribution in [0, 0.1) is 0 Å². The smallest absolute Gasteiger partial charge is 0.331 e. The molecule has 0 fully saturated rings. The van der Waals surface area contributed by atoms with Crippen molar-refractivity contribution >= 4 is 11.5 Å². The van der Waals surface area contributed by atoms with Gasteiger partial charge in [0.05, 0.1) is 21.3 Å². The van der Waals surface area contributed by atoms with Crippen LogP contribution in [-0.2, 0) is 9.53 Å². The van der Waals surface area contributed by atoms with Crippen molar-refractivity contribution in [3.63, 3.8) is 0 Å². The summed E-state index contributed by atoms with van der Waals surface area (Å²) in [5, 5.41) is 0. The normalized spacial score (nSPS) is 11.0. The van der Waals surface area contributed by atoms with Crippen LogP contribution >= 0.6 is 0 Å². The topological polar surface area (TPSA) is 44.8 Å². The largest absolute Gasteiger partial charge is 0.493 e. The molecule has 0 saturated heterocycles. The number of hydrogen-bond donors (Lipinski definition) is 0. The van der Waals surface area contributed by atoms with Gasteiger partial charge in [0, 0.05) is 6.08 Å². The minimum atomic E-state index is -0.409. The molecule has 2 aromatic carbocycles. The Kier molecular flexibility index (Phi) is 5.20. The number of ether oxygens (including phenoxy) is 3. The van der Waals surface area contributed by atoms with Crippen molar-refractivity contribution in [3.8, 4) is 11.5 Å². The highest BCUT2D eigenvalue weighted by Gasteiger charge is 2.11. The Morgan fingerprint density at radius 3 is 2.14 bits per heavy atom. The summed E-state index contributed by atoms with van der Waals surface area (Å²) in [5.74, 6) is 0.831. The molecule has 0 aliphatic heterocycles. The molecule has 0 N–H and O–H groups in total. The first kappa shape index (κ1) is 15.6. The predicted molar refractivity (Wildman–Crippen MR) is 85.1 cm³/mol. The maximum absolute atomic E-state index is 11.7. The summed E-state index contributed by atoms with van der Waals surface area (Å²) in [5.41, 5.74) is 2.52. The third-order valence-electron chi connectivity index (χ3n) is 3.24. The summed E-state index contributed by atoms with van der Waals surface area (Å²) in [6.07, 6.45) is 1.47. The number of rotatable bonds is 5. The summed E-state index contributed by atoms with van der Waals surface area (Å²) in [6.45, 7) is 0. The van der Waals surface area contributed by atoms with Gasteiger partial charge in [-0.05, 0) is 28.8 Å². The van der Waals surface area contributed by atoms with E-state index in [1.54, 1.807) is 14.2 Å². The molecule has 0 saturated carbocycles. The molecule has 0 unspecified atom stereocenters. The monoisotopic (exact) mass is 298 g/mol. The van der Waals surface area contributed by atoms with E-state index in [1.807, 2.05) is 48.5 Å². The zero-order valence-corrected chi connectivity index (χ0v) is 12.8. The highest BCUT2D eigenvalue weighted by atomic mass is 16.5. The Morgan fingerprint density at radius 2 is 1.55 bits per heavy atom. The maximum Gasteiger partial charge on any atom is 0.331 e. The number of carbonyl (C=O) groups is 1. The Labute approximate surface area is 129 Å². The average molecular weight is 298 g/mol. The molecule has 0 aliphatic rings. The third kappa shape index (κ3) is 3.47. The van der Waals surface area contributed by atoms with E-state index in [0.717, 1.165) is 16.7 Å². The van der Waals surface area contributed by atoms with Crippen molar-refractivity contribution in [2.45, 2.75) is 0 Å². The van der Waals surface area contributed by atoms with Crippen molar-refractivity contribution < 1.29 is 19.0 Å². The lowest BCUT2D eigenvalue weighted by atomic mass is 9.97. The molecule has 2 aromatic rings. The summed E-state index contributed by atoms with van der Waals surface area (Å²) in [4.78, 5) is 11.7.